The van der Waals surface area contributed by atoms with Crippen LogP contribution in [0.5, 0.6) is 0 Å². The molecule has 2 unspecified atom stereocenters. The summed E-state index contributed by atoms with van der Waals surface area (Å²) in [5.74, 6) is 0.789. The molecule has 0 aliphatic heterocycles. The Bertz CT molecular complexity index is 117. The van der Waals surface area contributed by atoms with Gasteiger partial charge in [0.1, 0.15) is 0 Å². The molecule has 0 radical (unpaired) electrons. The van der Waals surface area contributed by atoms with Crippen LogP contribution in [0.15, 0.2) is 0 Å². The highest BCUT2D eigenvalue weighted by molar-refractivity contribution is 4.71. The number of hydrogen-bond acceptors (Lipinski definition) is 2. The molecule has 86 valence electrons. The van der Waals surface area contributed by atoms with E-state index in [9.17, 15) is 0 Å². The van der Waals surface area contributed by atoms with E-state index in [0.29, 0.717) is 6.04 Å². The lowest BCUT2D eigenvalue weighted by Crippen LogP contribution is -2.34. The van der Waals surface area contributed by atoms with Crippen LogP contribution in [0, 0.1) is 5.92 Å². The number of hydrogen-bond donors (Lipinski definition) is 1. The first-order valence-electron chi connectivity index (χ1n) is 5.98. The first kappa shape index (κ1) is 13.9. The fraction of sp³-hybridized carbons (Fsp3) is 1.00. The Morgan fingerprint density at radius 1 is 1.21 bits per heavy atom. The highest BCUT2D eigenvalue weighted by atomic mass is 16.5. The standard InChI is InChI=1S/C12H27NO/c1-5-12(13-6-2)11(3)9-7-8-10-14-4/h11-13H,5-10H2,1-4H3. The minimum Gasteiger partial charge on any atom is -0.385 e. The molecule has 0 aromatic rings. The van der Waals surface area contributed by atoms with E-state index in [0.717, 1.165) is 19.1 Å². The summed E-state index contributed by atoms with van der Waals surface area (Å²) in [5, 5.41) is 3.54. The lowest BCUT2D eigenvalue weighted by Gasteiger charge is -2.23. The van der Waals surface area contributed by atoms with Gasteiger partial charge in [0.2, 0.25) is 0 Å². The van der Waals surface area contributed by atoms with Gasteiger partial charge in [-0.3, -0.25) is 0 Å². The summed E-state index contributed by atoms with van der Waals surface area (Å²) in [6, 6.07) is 0.697. The van der Waals surface area contributed by atoms with Crippen molar-refractivity contribution >= 4 is 0 Å². The average molecular weight is 201 g/mol. The molecule has 0 bridgehead atoms. The second-order valence-corrected chi connectivity index (χ2v) is 4.04. The number of rotatable bonds is 9. The Morgan fingerprint density at radius 3 is 2.43 bits per heavy atom. The van der Waals surface area contributed by atoms with Crippen molar-refractivity contribution in [3.8, 4) is 0 Å². The lowest BCUT2D eigenvalue weighted by molar-refractivity contribution is 0.189. The molecule has 14 heavy (non-hydrogen) atoms. The van der Waals surface area contributed by atoms with E-state index in [-0.39, 0.29) is 0 Å². The maximum Gasteiger partial charge on any atom is 0.0462 e. The van der Waals surface area contributed by atoms with Crippen LogP contribution in [-0.4, -0.2) is 26.3 Å². The van der Waals surface area contributed by atoms with Gasteiger partial charge >= 0.3 is 0 Å². The van der Waals surface area contributed by atoms with Crippen LogP contribution in [-0.2, 0) is 4.74 Å². The molecule has 0 amide bonds. The molecule has 0 saturated heterocycles. The molecule has 0 aromatic heterocycles. The van der Waals surface area contributed by atoms with Crippen LogP contribution < -0.4 is 5.32 Å². The van der Waals surface area contributed by atoms with Gasteiger partial charge in [0.05, 0.1) is 0 Å². The molecule has 0 rings (SSSR count). The summed E-state index contributed by atoms with van der Waals surface area (Å²) in [4.78, 5) is 0. The molecule has 0 aromatic carbocycles. The third-order valence-electron chi connectivity index (χ3n) is 2.85. The van der Waals surface area contributed by atoms with Gasteiger partial charge in [0.15, 0.2) is 0 Å². The van der Waals surface area contributed by atoms with Crippen LogP contribution >= 0.6 is 0 Å². The molecular formula is C12H27NO. The van der Waals surface area contributed by atoms with Crippen molar-refractivity contribution in [2.24, 2.45) is 5.92 Å². The molecule has 0 fully saturated rings. The topological polar surface area (TPSA) is 21.3 Å². The molecule has 0 aliphatic carbocycles. The summed E-state index contributed by atoms with van der Waals surface area (Å²) < 4.78 is 5.04. The zero-order valence-electron chi connectivity index (χ0n) is 10.3. The van der Waals surface area contributed by atoms with Gasteiger partial charge in [0.25, 0.3) is 0 Å². The van der Waals surface area contributed by atoms with E-state index in [1.165, 1.54) is 25.7 Å². The van der Waals surface area contributed by atoms with Crippen molar-refractivity contribution in [2.75, 3.05) is 20.3 Å². The third kappa shape index (κ3) is 6.39. The minimum atomic E-state index is 0.697. The van der Waals surface area contributed by atoms with Gasteiger partial charge in [-0.25, -0.2) is 0 Å². The predicted molar refractivity (Wildman–Crippen MR) is 62.6 cm³/mol. The quantitative estimate of drug-likeness (QED) is 0.579. The van der Waals surface area contributed by atoms with Gasteiger partial charge in [0, 0.05) is 19.8 Å². The molecule has 0 saturated carbocycles. The maximum absolute atomic E-state index is 5.04. The Labute approximate surface area is 89.4 Å². The largest absolute Gasteiger partial charge is 0.385 e. The van der Waals surface area contributed by atoms with Crippen LogP contribution in [0.25, 0.3) is 0 Å². The summed E-state index contributed by atoms with van der Waals surface area (Å²) in [6.07, 6.45) is 5.04. The van der Waals surface area contributed by atoms with Crippen molar-refractivity contribution in [1.29, 1.82) is 0 Å². The van der Waals surface area contributed by atoms with E-state index in [1.807, 2.05) is 0 Å². The number of unbranched alkanes of at least 4 members (excludes halogenated alkanes) is 1. The van der Waals surface area contributed by atoms with E-state index in [1.54, 1.807) is 7.11 Å². The second kappa shape index (κ2) is 9.47. The predicted octanol–water partition coefficient (Wildman–Crippen LogP) is 2.83. The van der Waals surface area contributed by atoms with E-state index >= 15 is 0 Å². The van der Waals surface area contributed by atoms with E-state index in [4.69, 9.17) is 4.74 Å². The van der Waals surface area contributed by atoms with Gasteiger partial charge in [-0.1, -0.05) is 27.2 Å². The Kier molecular flexibility index (Phi) is 9.42. The van der Waals surface area contributed by atoms with Crippen LogP contribution in [0.1, 0.15) is 46.5 Å². The van der Waals surface area contributed by atoms with Crippen molar-refractivity contribution in [3.63, 3.8) is 0 Å². The van der Waals surface area contributed by atoms with Crippen LogP contribution in [0.4, 0.5) is 0 Å². The molecule has 2 atom stereocenters. The zero-order valence-corrected chi connectivity index (χ0v) is 10.3. The number of ether oxygens (including phenoxy) is 1. The first-order valence-corrected chi connectivity index (χ1v) is 5.98. The number of methoxy groups -OCH3 is 1. The van der Waals surface area contributed by atoms with Gasteiger partial charge in [-0.15, -0.1) is 0 Å². The molecule has 1 N–H and O–H groups in total. The summed E-state index contributed by atoms with van der Waals surface area (Å²) in [6.45, 7) is 8.79. The zero-order chi connectivity index (χ0) is 10.8. The molecule has 2 heteroatoms. The molecular weight excluding hydrogens is 174 g/mol. The highest BCUT2D eigenvalue weighted by Gasteiger charge is 2.13. The highest BCUT2D eigenvalue weighted by Crippen LogP contribution is 2.14. The summed E-state index contributed by atoms with van der Waals surface area (Å²) in [7, 11) is 1.77. The molecule has 0 spiro atoms. The average Bonchev–Trinajstić information content (AvgIpc) is 2.20. The van der Waals surface area contributed by atoms with Crippen LogP contribution in [0.2, 0.25) is 0 Å². The lowest BCUT2D eigenvalue weighted by atomic mass is 9.94. The van der Waals surface area contributed by atoms with E-state index < -0.39 is 0 Å². The summed E-state index contributed by atoms with van der Waals surface area (Å²) >= 11 is 0. The SMILES string of the molecule is CCNC(CC)C(C)CCCCOC. The van der Waals surface area contributed by atoms with Gasteiger partial charge in [-0.05, 0) is 31.7 Å². The normalized spacial score (nSPS) is 15.4. The maximum atomic E-state index is 5.04. The molecule has 0 heterocycles. The Hall–Kier alpha value is -0.0800. The second-order valence-electron chi connectivity index (χ2n) is 4.04. The van der Waals surface area contributed by atoms with Gasteiger partial charge < -0.3 is 10.1 Å². The van der Waals surface area contributed by atoms with Crippen molar-refractivity contribution < 1.29 is 4.74 Å². The minimum absolute atomic E-state index is 0.697. The van der Waals surface area contributed by atoms with E-state index in [2.05, 4.69) is 26.1 Å². The van der Waals surface area contributed by atoms with Crippen molar-refractivity contribution in [1.82, 2.24) is 5.32 Å². The fourth-order valence-corrected chi connectivity index (χ4v) is 1.92. The first-order chi connectivity index (χ1) is 6.76. The Balaban J connectivity index is 3.52. The number of nitrogens with one attached hydrogen (secondary N) is 1. The molecule has 0 aliphatic rings. The molecule has 2 nitrogen and oxygen atoms in total. The van der Waals surface area contributed by atoms with Crippen LogP contribution in [0.3, 0.4) is 0 Å². The fourth-order valence-electron chi connectivity index (χ4n) is 1.92. The monoisotopic (exact) mass is 201 g/mol. The summed E-state index contributed by atoms with van der Waals surface area (Å²) in [5.41, 5.74) is 0. The third-order valence-corrected chi connectivity index (χ3v) is 2.85. The van der Waals surface area contributed by atoms with Crippen molar-refractivity contribution in [2.45, 2.75) is 52.5 Å². The Morgan fingerprint density at radius 2 is 1.93 bits per heavy atom. The smallest absolute Gasteiger partial charge is 0.0462 e. The van der Waals surface area contributed by atoms with Gasteiger partial charge in [-0.2, -0.15) is 0 Å². The van der Waals surface area contributed by atoms with Crippen molar-refractivity contribution in [3.05, 3.63) is 0 Å².